The molecule has 90 valence electrons. The van der Waals surface area contributed by atoms with Gasteiger partial charge in [0.2, 0.25) is 11.8 Å². The second-order valence-electron chi connectivity index (χ2n) is 4.41. The van der Waals surface area contributed by atoms with Gasteiger partial charge in [0.25, 0.3) is 0 Å². The third kappa shape index (κ3) is 2.46. The van der Waals surface area contributed by atoms with Crippen LogP contribution in [0.2, 0.25) is 0 Å². The SMILES string of the molecule is Cc1ccc(NC(=O)C2CCC(=O)N2C)cc1. The smallest absolute Gasteiger partial charge is 0.247 e. The van der Waals surface area contributed by atoms with E-state index < -0.39 is 0 Å². The third-order valence-corrected chi connectivity index (χ3v) is 3.11. The molecule has 1 aromatic carbocycles. The van der Waals surface area contributed by atoms with Crippen molar-refractivity contribution in [1.29, 1.82) is 0 Å². The lowest BCUT2D eigenvalue weighted by atomic mass is 10.2. The highest BCUT2D eigenvalue weighted by Gasteiger charge is 2.33. The minimum absolute atomic E-state index is 0.0362. The van der Waals surface area contributed by atoms with Gasteiger partial charge in [-0.25, -0.2) is 0 Å². The van der Waals surface area contributed by atoms with Crippen molar-refractivity contribution >= 4 is 17.5 Å². The summed E-state index contributed by atoms with van der Waals surface area (Å²) in [5.74, 6) is -0.0729. The number of rotatable bonds is 2. The maximum Gasteiger partial charge on any atom is 0.247 e. The van der Waals surface area contributed by atoms with E-state index in [9.17, 15) is 9.59 Å². The summed E-state index contributed by atoms with van der Waals surface area (Å²) in [5, 5.41) is 2.83. The maximum absolute atomic E-state index is 12.0. The molecule has 2 rings (SSSR count). The minimum atomic E-state index is -0.330. The first kappa shape index (κ1) is 11.6. The van der Waals surface area contributed by atoms with Crippen molar-refractivity contribution < 1.29 is 9.59 Å². The number of carbonyl (C=O) groups excluding carboxylic acids is 2. The van der Waals surface area contributed by atoms with Crippen LogP contribution in [0, 0.1) is 6.92 Å². The van der Waals surface area contributed by atoms with Gasteiger partial charge in [-0.15, -0.1) is 0 Å². The van der Waals surface area contributed by atoms with Gasteiger partial charge < -0.3 is 10.2 Å². The molecule has 1 aliphatic rings. The number of benzene rings is 1. The van der Waals surface area contributed by atoms with Crippen LogP contribution in [0.3, 0.4) is 0 Å². The van der Waals surface area contributed by atoms with Crippen LogP contribution in [0.4, 0.5) is 5.69 Å². The Hall–Kier alpha value is -1.84. The number of anilines is 1. The summed E-state index contributed by atoms with van der Waals surface area (Å²) in [5.41, 5.74) is 1.92. The third-order valence-electron chi connectivity index (χ3n) is 3.11. The molecule has 0 saturated carbocycles. The van der Waals surface area contributed by atoms with Gasteiger partial charge in [-0.3, -0.25) is 9.59 Å². The van der Waals surface area contributed by atoms with Gasteiger partial charge in [0.1, 0.15) is 6.04 Å². The lowest BCUT2D eigenvalue weighted by molar-refractivity contribution is -0.131. The van der Waals surface area contributed by atoms with Gasteiger partial charge in [-0.05, 0) is 25.5 Å². The number of nitrogens with one attached hydrogen (secondary N) is 1. The van der Waals surface area contributed by atoms with Gasteiger partial charge in [0, 0.05) is 19.2 Å². The van der Waals surface area contributed by atoms with Crippen LogP contribution in [0.5, 0.6) is 0 Å². The zero-order chi connectivity index (χ0) is 12.4. The topological polar surface area (TPSA) is 49.4 Å². The average molecular weight is 232 g/mol. The molecule has 0 radical (unpaired) electrons. The van der Waals surface area contributed by atoms with E-state index in [0.717, 1.165) is 11.3 Å². The van der Waals surface area contributed by atoms with E-state index in [-0.39, 0.29) is 17.9 Å². The normalized spacial score (nSPS) is 19.5. The number of likely N-dealkylation sites (N-methyl/N-ethyl adjacent to an activating group) is 1. The Bertz CT molecular complexity index is 439. The van der Waals surface area contributed by atoms with Crippen LogP contribution in [0.25, 0.3) is 0 Å². The highest BCUT2D eigenvalue weighted by Crippen LogP contribution is 2.18. The van der Waals surface area contributed by atoms with Crippen molar-refractivity contribution in [3.05, 3.63) is 29.8 Å². The summed E-state index contributed by atoms with van der Waals surface area (Å²) in [4.78, 5) is 24.8. The fourth-order valence-electron chi connectivity index (χ4n) is 1.97. The molecule has 1 aromatic rings. The zero-order valence-corrected chi connectivity index (χ0v) is 10.1. The first-order chi connectivity index (χ1) is 8.08. The van der Waals surface area contributed by atoms with Crippen LogP contribution >= 0.6 is 0 Å². The Labute approximate surface area is 101 Å². The average Bonchev–Trinajstić information content (AvgIpc) is 2.63. The van der Waals surface area contributed by atoms with Crippen molar-refractivity contribution in [2.24, 2.45) is 0 Å². The monoisotopic (exact) mass is 232 g/mol. The zero-order valence-electron chi connectivity index (χ0n) is 10.1. The van der Waals surface area contributed by atoms with Crippen LogP contribution in [-0.4, -0.2) is 29.8 Å². The summed E-state index contributed by atoms with van der Waals surface area (Å²) in [7, 11) is 1.68. The van der Waals surface area contributed by atoms with E-state index in [1.165, 1.54) is 4.90 Å². The lowest BCUT2D eigenvalue weighted by Crippen LogP contribution is -2.38. The van der Waals surface area contributed by atoms with Crippen molar-refractivity contribution in [2.75, 3.05) is 12.4 Å². The standard InChI is InChI=1S/C13H16N2O2/c1-9-3-5-10(6-4-9)14-13(17)11-7-8-12(16)15(11)2/h3-6,11H,7-8H2,1-2H3,(H,14,17). The van der Waals surface area contributed by atoms with Gasteiger partial charge in [0.05, 0.1) is 0 Å². The predicted molar refractivity (Wildman–Crippen MR) is 65.6 cm³/mol. The Morgan fingerprint density at radius 3 is 2.53 bits per heavy atom. The van der Waals surface area contributed by atoms with Crippen LogP contribution < -0.4 is 5.32 Å². The van der Waals surface area contributed by atoms with E-state index >= 15 is 0 Å². The largest absolute Gasteiger partial charge is 0.334 e. The maximum atomic E-state index is 12.0. The molecule has 4 heteroatoms. The fraction of sp³-hybridized carbons (Fsp3) is 0.385. The Morgan fingerprint density at radius 1 is 1.35 bits per heavy atom. The van der Waals surface area contributed by atoms with Gasteiger partial charge in [-0.1, -0.05) is 17.7 Å². The Morgan fingerprint density at radius 2 is 2.00 bits per heavy atom. The molecule has 1 fully saturated rings. The molecule has 17 heavy (non-hydrogen) atoms. The highest BCUT2D eigenvalue weighted by molar-refractivity contribution is 5.98. The molecule has 4 nitrogen and oxygen atoms in total. The lowest BCUT2D eigenvalue weighted by Gasteiger charge is -2.19. The van der Waals surface area contributed by atoms with Gasteiger partial charge in [0.15, 0.2) is 0 Å². The van der Waals surface area contributed by atoms with E-state index in [0.29, 0.717) is 12.8 Å². The van der Waals surface area contributed by atoms with Crippen LogP contribution in [0.15, 0.2) is 24.3 Å². The highest BCUT2D eigenvalue weighted by atomic mass is 16.2. The second-order valence-corrected chi connectivity index (χ2v) is 4.41. The molecule has 2 amide bonds. The van der Waals surface area contributed by atoms with Crippen molar-refractivity contribution in [3.8, 4) is 0 Å². The quantitative estimate of drug-likeness (QED) is 0.841. The van der Waals surface area contributed by atoms with Crippen LogP contribution in [-0.2, 0) is 9.59 Å². The van der Waals surface area contributed by atoms with Crippen molar-refractivity contribution in [2.45, 2.75) is 25.8 Å². The molecule has 0 spiro atoms. The molecule has 1 aliphatic heterocycles. The Balaban J connectivity index is 2.02. The summed E-state index contributed by atoms with van der Waals surface area (Å²) in [6.45, 7) is 2.00. The number of carbonyl (C=O) groups is 2. The molecule has 1 heterocycles. The number of hydrogen-bond acceptors (Lipinski definition) is 2. The minimum Gasteiger partial charge on any atom is -0.334 e. The number of likely N-dealkylation sites (tertiary alicyclic amines) is 1. The number of nitrogens with zero attached hydrogens (tertiary/aromatic N) is 1. The van der Waals surface area contributed by atoms with E-state index in [2.05, 4.69) is 5.32 Å². The van der Waals surface area contributed by atoms with E-state index in [1.807, 2.05) is 31.2 Å². The summed E-state index contributed by atoms with van der Waals surface area (Å²) >= 11 is 0. The summed E-state index contributed by atoms with van der Waals surface area (Å²) in [6.07, 6.45) is 1.06. The number of aryl methyl sites for hydroxylation is 1. The molecular weight excluding hydrogens is 216 g/mol. The Kier molecular flexibility index (Phi) is 3.13. The molecular formula is C13H16N2O2. The molecule has 0 aliphatic carbocycles. The predicted octanol–water partition coefficient (Wildman–Crippen LogP) is 1.55. The number of hydrogen-bond donors (Lipinski definition) is 1. The molecule has 1 N–H and O–H groups in total. The fourth-order valence-corrected chi connectivity index (χ4v) is 1.97. The first-order valence-electron chi connectivity index (χ1n) is 5.71. The molecule has 0 aromatic heterocycles. The van der Waals surface area contributed by atoms with Gasteiger partial charge in [-0.2, -0.15) is 0 Å². The molecule has 0 bridgehead atoms. The van der Waals surface area contributed by atoms with E-state index in [1.54, 1.807) is 7.05 Å². The molecule has 1 unspecified atom stereocenters. The molecule has 1 atom stereocenters. The van der Waals surface area contributed by atoms with Crippen LogP contribution in [0.1, 0.15) is 18.4 Å². The van der Waals surface area contributed by atoms with Gasteiger partial charge >= 0.3 is 0 Å². The molecule has 1 saturated heterocycles. The number of amides is 2. The second kappa shape index (κ2) is 4.57. The summed E-state index contributed by atoms with van der Waals surface area (Å²) < 4.78 is 0. The van der Waals surface area contributed by atoms with Crippen molar-refractivity contribution in [3.63, 3.8) is 0 Å². The van der Waals surface area contributed by atoms with Crippen molar-refractivity contribution in [1.82, 2.24) is 4.90 Å². The summed E-state index contributed by atoms with van der Waals surface area (Å²) in [6, 6.07) is 7.29. The first-order valence-corrected chi connectivity index (χ1v) is 5.71. The van der Waals surface area contributed by atoms with E-state index in [4.69, 9.17) is 0 Å².